The van der Waals surface area contributed by atoms with Gasteiger partial charge in [-0.2, -0.15) is 0 Å². The molecule has 124 valence electrons. The molecule has 22 heavy (non-hydrogen) atoms. The molecule has 1 N–H and O–H groups in total. The van der Waals surface area contributed by atoms with Crippen molar-refractivity contribution < 1.29 is 4.74 Å². The summed E-state index contributed by atoms with van der Waals surface area (Å²) in [6, 6.07) is 0. The number of hydrogen-bond acceptors (Lipinski definition) is 4. The van der Waals surface area contributed by atoms with E-state index in [1.807, 2.05) is 6.92 Å². The van der Waals surface area contributed by atoms with Gasteiger partial charge in [0.05, 0.1) is 12.7 Å². The quantitative estimate of drug-likeness (QED) is 0.820. The Labute approximate surface area is 133 Å². The van der Waals surface area contributed by atoms with Gasteiger partial charge in [0.25, 0.3) is 0 Å². The predicted molar refractivity (Wildman–Crippen MR) is 86.8 cm³/mol. The van der Waals surface area contributed by atoms with Gasteiger partial charge in [0.2, 0.25) is 0 Å². The topological polar surface area (TPSA) is 52.0 Å². The van der Waals surface area contributed by atoms with Crippen LogP contribution in [-0.4, -0.2) is 40.6 Å². The lowest BCUT2D eigenvalue weighted by atomic mass is 9.88. The fourth-order valence-electron chi connectivity index (χ4n) is 3.82. The van der Waals surface area contributed by atoms with Crippen LogP contribution in [0, 0.1) is 18.8 Å². The Morgan fingerprint density at radius 1 is 1.23 bits per heavy atom. The van der Waals surface area contributed by atoms with Crippen LogP contribution < -0.4 is 5.32 Å². The molecule has 0 saturated heterocycles. The number of nitrogens with zero attached hydrogens (tertiary/aromatic N) is 3. The molecular weight excluding hydrogens is 276 g/mol. The number of rotatable bonds is 6. The van der Waals surface area contributed by atoms with Gasteiger partial charge in [0.1, 0.15) is 11.6 Å². The fourth-order valence-corrected chi connectivity index (χ4v) is 3.82. The lowest BCUT2D eigenvalue weighted by Gasteiger charge is -2.29. The molecule has 0 aromatic carbocycles. The highest BCUT2D eigenvalue weighted by Gasteiger charge is 2.22. The average molecular weight is 306 g/mol. The second kappa shape index (κ2) is 7.55. The van der Waals surface area contributed by atoms with E-state index in [0.717, 1.165) is 50.2 Å². The second-order valence-electron chi connectivity index (χ2n) is 7.05. The first-order chi connectivity index (χ1) is 10.7. The summed E-state index contributed by atoms with van der Waals surface area (Å²) in [6.45, 7) is 8.32. The first kappa shape index (κ1) is 15.9. The van der Waals surface area contributed by atoms with Crippen LogP contribution in [0.15, 0.2) is 0 Å². The normalized spacial score (nSPS) is 28.5. The first-order valence-electron chi connectivity index (χ1n) is 8.95. The van der Waals surface area contributed by atoms with Crippen molar-refractivity contribution in [3.63, 3.8) is 0 Å². The Hall–Kier alpha value is -0.940. The van der Waals surface area contributed by atoms with E-state index >= 15 is 0 Å². The highest BCUT2D eigenvalue weighted by Crippen LogP contribution is 2.26. The molecule has 1 aliphatic heterocycles. The molecule has 2 aliphatic rings. The molecule has 1 fully saturated rings. The molecular formula is C17H30N4O. The molecule has 2 heterocycles. The van der Waals surface area contributed by atoms with Crippen molar-refractivity contribution in [2.75, 3.05) is 19.7 Å². The van der Waals surface area contributed by atoms with Crippen molar-refractivity contribution in [2.24, 2.45) is 11.8 Å². The zero-order valence-electron chi connectivity index (χ0n) is 14.1. The standard InChI is InChI=1S/C17H30N4O/c1-13-5-3-4-6-16(13)22-10-9-18-11-15-7-8-17-20-19-14(2)21(17)12-15/h13,15-16,18H,3-12H2,1-2H3. The van der Waals surface area contributed by atoms with Crippen LogP contribution in [0.1, 0.15) is 50.7 Å². The van der Waals surface area contributed by atoms with Gasteiger partial charge in [0.15, 0.2) is 0 Å². The Bertz CT molecular complexity index is 473. The summed E-state index contributed by atoms with van der Waals surface area (Å²) in [4.78, 5) is 0. The van der Waals surface area contributed by atoms with Crippen LogP contribution in [-0.2, 0) is 17.7 Å². The Morgan fingerprint density at radius 2 is 2.09 bits per heavy atom. The number of ether oxygens (including phenoxy) is 1. The zero-order valence-corrected chi connectivity index (χ0v) is 14.1. The van der Waals surface area contributed by atoms with Crippen molar-refractivity contribution in [3.05, 3.63) is 11.6 Å². The van der Waals surface area contributed by atoms with E-state index in [-0.39, 0.29) is 0 Å². The Balaban J connectivity index is 1.32. The third-order valence-electron chi connectivity index (χ3n) is 5.31. The van der Waals surface area contributed by atoms with Gasteiger partial charge in [-0.15, -0.1) is 10.2 Å². The van der Waals surface area contributed by atoms with Crippen LogP contribution in [0.2, 0.25) is 0 Å². The molecule has 0 bridgehead atoms. The van der Waals surface area contributed by atoms with Crippen LogP contribution in [0.3, 0.4) is 0 Å². The van der Waals surface area contributed by atoms with Crippen molar-refractivity contribution >= 4 is 0 Å². The lowest BCUT2D eigenvalue weighted by Crippen LogP contribution is -2.34. The zero-order chi connectivity index (χ0) is 15.4. The van der Waals surface area contributed by atoms with Gasteiger partial charge in [0, 0.05) is 19.5 Å². The highest BCUT2D eigenvalue weighted by molar-refractivity contribution is 4.98. The first-order valence-corrected chi connectivity index (χ1v) is 8.95. The lowest BCUT2D eigenvalue weighted by molar-refractivity contribution is -0.00341. The maximum absolute atomic E-state index is 6.06. The summed E-state index contributed by atoms with van der Waals surface area (Å²) in [5, 5.41) is 12.0. The summed E-state index contributed by atoms with van der Waals surface area (Å²) in [5.74, 6) is 3.63. The average Bonchev–Trinajstić information content (AvgIpc) is 2.90. The van der Waals surface area contributed by atoms with E-state index in [4.69, 9.17) is 4.74 Å². The molecule has 0 spiro atoms. The molecule has 3 unspecified atom stereocenters. The van der Waals surface area contributed by atoms with Gasteiger partial charge in [-0.25, -0.2) is 0 Å². The minimum absolute atomic E-state index is 0.493. The molecule has 0 amide bonds. The summed E-state index contributed by atoms with van der Waals surface area (Å²) >= 11 is 0. The van der Waals surface area contributed by atoms with Crippen molar-refractivity contribution in [2.45, 2.75) is 65.0 Å². The number of aromatic nitrogens is 3. The van der Waals surface area contributed by atoms with Crippen molar-refractivity contribution in [3.8, 4) is 0 Å². The van der Waals surface area contributed by atoms with Gasteiger partial charge in [-0.05, 0) is 44.6 Å². The molecule has 5 nitrogen and oxygen atoms in total. The van der Waals surface area contributed by atoms with Crippen LogP contribution in [0.25, 0.3) is 0 Å². The Morgan fingerprint density at radius 3 is 2.95 bits per heavy atom. The Kier molecular flexibility index (Phi) is 5.47. The maximum Gasteiger partial charge on any atom is 0.133 e. The third-order valence-corrected chi connectivity index (χ3v) is 5.31. The van der Waals surface area contributed by atoms with Gasteiger partial charge >= 0.3 is 0 Å². The highest BCUT2D eigenvalue weighted by atomic mass is 16.5. The molecule has 1 aromatic rings. The summed E-state index contributed by atoms with van der Waals surface area (Å²) in [7, 11) is 0. The number of hydrogen-bond donors (Lipinski definition) is 1. The maximum atomic E-state index is 6.06. The van der Waals surface area contributed by atoms with E-state index in [0.29, 0.717) is 12.0 Å². The van der Waals surface area contributed by atoms with Crippen LogP contribution >= 0.6 is 0 Å². The number of nitrogens with one attached hydrogen (secondary N) is 1. The fraction of sp³-hybridized carbons (Fsp3) is 0.882. The molecule has 1 saturated carbocycles. The van der Waals surface area contributed by atoms with Crippen molar-refractivity contribution in [1.82, 2.24) is 20.1 Å². The largest absolute Gasteiger partial charge is 0.377 e. The van der Waals surface area contributed by atoms with Gasteiger partial charge < -0.3 is 14.6 Å². The smallest absolute Gasteiger partial charge is 0.133 e. The number of aryl methyl sites for hydroxylation is 2. The van der Waals surface area contributed by atoms with E-state index in [9.17, 15) is 0 Å². The van der Waals surface area contributed by atoms with E-state index in [1.165, 1.54) is 32.1 Å². The molecule has 0 radical (unpaired) electrons. The number of fused-ring (bicyclic) bond motifs is 1. The van der Waals surface area contributed by atoms with Crippen molar-refractivity contribution in [1.29, 1.82) is 0 Å². The molecule has 1 aliphatic carbocycles. The minimum atomic E-state index is 0.493. The van der Waals surface area contributed by atoms with Gasteiger partial charge in [-0.3, -0.25) is 0 Å². The summed E-state index contributed by atoms with van der Waals surface area (Å²) in [6.07, 6.45) is 8.07. The van der Waals surface area contributed by atoms with E-state index in [2.05, 4.69) is 27.0 Å². The van der Waals surface area contributed by atoms with Crippen LogP contribution in [0.4, 0.5) is 0 Å². The molecule has 3 atom stereocenters. The molecule has 5 heteroatoms. The molecule has 3 rings (SSSR count). The van der Waals surface area contributed by atoms with E-state index in [1.54, 1.807) is 0 Å². The SMILES string of the molecule is Cc1nnc2n1CC(CNCCOC1CCCCC1C)CC2. The monoisotopic (exact) mass is 306 g/mol. The molecule has 1 aromatic heterocycles. The van der Waals surface area contributed by atoms with Gasteiger partial charge in [-0.1, -0.05) is 19.8 Å². The summed E-state index contributed by atoms with van der Waals surface area (Å²) < 4.78 is 8.33. The summed E-state index contributed by atoms with van der Waals surface area (Å²) in [5.41, 5.74) is 0. The van der Waals surface area contributed by atoms with Crippen LogP contribution in [0.5, 0.6) is 0 Å². The van der Waals surface area contributed by atoms with E-state index < -0.39 is 0 Å². The third kappa shape index (κ3) is 3.87. The minimum Gasteiger partial charge on any atom is -0.377 e. The predicted octanol–water partition coefficient (Wildman–Crippen LogP) is 2.33. The second-order valence-corrected chi connectivity index (χ2v) is 7.05.